The number of benzene rings is 2. The summed E-state index contributed by atoms with van der Waals surface area (Å²) in [5, 5.41) is 0. The lowest BCUT2D eigenvalue weighted by Gasteiger charge is -2.18. The molecule has 0 spiro atoms. The Morgan fingerprint density at radius 1 is 1.10 bits per heavy atom. The molecular formula is C17H19N3. The molecule has 0 fully saturated rings. The summed E-state index contributed by atoms with van der Waals surface area (Å²) < 4.78 is 0. The summed E-state index contributed by atoms with van der Waals surface area (Å²) in [5.41, 5.74) is 10.3. The Labute approximate surface area is 118 Å². The van der Waals surface area contributed by atoms with Crippen LogP contribution < -0.4 is 5.73 Å². The van der Waals surface area contributed by atoms with Gasteiger partial charge in [0.2, 0.25) is 0 Å². The van der Waals surface area contributed by atoms with Crippen molar-refractivity contribution in [2.45, 2.75) is 25.8 Å². The van der Waals surface area contributed by atoms with E-state index in [2.05, 4.69) is 40.3 Å². The molecule has 2 aromatic carbocycles. The van der Waals surface area contributed by atoms with Gasteiger partial charge < -0.3 is 10.7 Å². The second-order valence-corrected chi connectivity index (χ2v) is 5.97. The number of hydrogen-bond donors (Lipinski definition) is 2. The highest BCUT2D eigenvalue weighted by Gasteiger charge is 2.13. The van der Waals surface area contributed by atoms with E-state index < -0.39 is 0 Å². The van der Waals surface area contributed by atoms with E-state index >= 15 is 0 Å². The predicted molar refractivity (Wildman–Crippen MR) is 83.5 cm³/mol. The molecular weight excluding hydrogens is 246 g/mol. The fourth-order valence-electron chi connectivity index (χ4n) is 2.43. The molecule has 3 heteroatoms. The molecule has 0 aliphatic carbocycles. The Morgan fingerprint density at radius 3 is 2.55 bits per heavy atom. The van der Waals surface area contributed by atoms with Crippen LogP contribution in [0.1, 0.15) is 19.4 Å². The van der Waals surface area contributed by atoms with Crippen LogP contribution in [0.2, 0.25) is 0 Å². The summed E-state index contributed by atoms with van der Waals surface area (Å²) in [5.74, 6) is 0.907. The van der Waals surface area contributed by atoms with Gasteiger partial charge in [-0.3, -0.25) is 0 Å². The minimum absolute atomic E-state index is 0.198. The van der Waals surface area contributed by atoms with E-state index in [1.54, 1.807) is 0 Å². The van der Waals surface area contributed by atoms with E-state index in [1.165, 1.54) is 5.56 Å². The summed E-state index contributed by atoms with van der Waals surface area (Å²) in [4.78, 5) is 8.02. The minimum Gasteiger partial charge on any atom is -0.338 e. The van der Waals surface area contributed by atoms with Crippen LogP contribution in [0.15, 0.2) is 48.5 Å². The molecule has 0 aliphatic heterocycles. The molecule has 1 aromatic heterocycles. The van der Waals surface area contributed by atoms with Crippen molar-refractivity contribution < 1.29 is 0 Å². The maximum atomic E-state index is 6.08. The van der Waals surface area contributed by atoms with Gasteiger partial charge in [-0.2, -0.15) is 0 Å². The second-order valence-electron chi connectivity index (χ2n) is 5.97. The van der Waals surface area contributed by atoms with Gasteiger partial charge in [0.25, 0.3) is 0 Å². The Morgan fingerprint density at radius 2 is 1.85 bits per heavy atom. The van der Waals surface area contributed by atoms with Crippen molar-refractivity contribution in [1.29, 1.82) is 0 Å². The lowest BCUT2D eigenvalue weighted by molar-refractivity contribution is 0.517. The standard InChI is InChI=1S/C17H19N3/c1-17(2,18)11-12-8-9-14-15(10-12)20-16(19-14)13-6-4-3-5-7-13/h3-10H,11,18H2,1-2H3,(H,19,20). The first-order valence-corrected chi connectivity index (χ1v) is 6.84. The second kappa shape index (κ2) is 4.76. The van der Waals surface area contributed by atoms with Crippen LogP contribution in [0.25, 0.3) is 22.4 Å². The van der Waals surface area contributed by atoms with Crippen molar-refractivity contribution in [1.82, 2.24) is 9.97 Å². The summed E-state index contributed by atoms with van der Waals surface area (Å²) in [6, 6.07) is 16.5. The van der Waals surface area contributed by atoms with Crippen LogP contribution in [0.3, 0.4) is 0 Å². The largest absolute Gasteiger partial charge is 0.338 e. The third-order valence-corrected chi connectivity index (χ3v) is 3.25. The molecule has 0 saturated carbocycles. The molecule has 0 saturated heterocycles. The smallest absolute Gasteiger partial charge is 0.138 e. The van der Waals surface area contributed by atoms with E-state index in [9.17, 15) is 0 Å². The molecule has 3 aromatic rings. The van der Waals surface area contributed by atoms with Gasteiger partial charge in [-0.15, -0.1) is 0 Å². The van der Waals surface area contributed by atoms with Crippen LogP contribution in [0.4, 0.5) is 0 Å². The van der Waals surface area contributed by atoms with Crippen LogP contribution in [-0.4, -0.2) is 15.5 Å². The Balaban J connectivity index is 2.00. The van der Waals surface area contributed by atoms with Gasteiger partial charge >= 0.3 is 0 Å². The molecule has 20 heavy (non-hydrogen) atoms. The number of rotatable bonds is 3. The van der Waals surface area contributed by atoms with E-state index in [4.69, 9.17) is 5.73 Å². The van der Waals surface area contributed by atoms with Crippen molar-refractivity contribution in [3.63, 3.8) is 0 Å². The van der Waals surface area contributed by atoms with Crippen molar-refractivity contribution in [2.75, 3.05) is 0 Å². The number of aromatic amines is 1. The van der Waals surface area contributed by atoms with Crippen LogP contribution in [0, 0.1) is 0 Å². The average molecular weight is 265 g/mol. The third kappa shape index (κ3) is 2.73. The molecule has 1 heterocycles. The zero-order chi connectivity index (χ0) is 14.2. The molecule has 3 rings (SSSR count). The molecule has 0 bridgehead atoms. The first kappa shape index (κ1) is 12.9. The van der Waals surface area contributed by atoms with Crippen molar-refractivity contribution in [3.05, 3.63) is 54.1 Å². The van der Waals surface area contributed by atoms with Crippen molar-refractivity contribution >= 4 is 11.0 Å². The first-order chi connectivity index (χ1) is 9.51. The quantitative estimate of drug-likeness (QED) is 0.761. The number of nitrogens with zero attached hydrogens (tertiary/aromatic N) is 1. The first-order valence-electron chi connectivity index (χ1n) is 6.84. The Kier molecular flexibility index (Phi) is 3.07. The number of hydrogen-bond acceptors (Lipinski definition) is 2. The highest BCUT2D eigenvalue weighted by molar-refractivity contribution is 5.80. The SMILES string of the molecule is CC(C)(N)Cc1ccc2nc(-c3ccccc3)[nH]c2c1. The maximum Gasteiger partial charge on any atom is 0.138 e. The molecule has 0 radical (unpaired) electrons. The van der Waals surface area contributed by atoms with Gasteiger partial charge in [0, 0.05) is 11.1 Å². The average Bonchev–Trinajstić information content (AvgIpc) is 2.81. The molecule has 0 aliphatic rings. The summed E-state index contributed by atoms with van der Waals surface area (Å²) >= 11 is 0. The third-order valence-electron chi connectivity index (χ3n) is 3.25. The monoisotopic (exact) mass is 265 g/mol. The zero-order valence-corrected chi connectivity index (χ0v) is 11.9. The normalized spacial score (nSPS) is 11.9. The summed E-state index contributed by atoms with van der Waals surface area (Å²) in [6.07, 6.45) is 0.850. The predicted octanol–water partition coefficient (Wildman–Crippen LogP) is 3.51. The van der Waals surface area contributed by atoms with Gasteiger partial charge in [-0.05, 0) is 38.0 Å². The fraction of sp³-hybridized carbons (Fsp3) is 0.235. The molecule has 3 nitrogen and oxygen atoms in total. The highest BCUT2D eigenvalue weighted by atomic mass is 14.9. The molecule has 0 amide bonds. The molecule has 102 valence electrons. The van der Waals surface area contributed by atoms with Crippen LogP contribution in [-0.2, 0) is 6.42 Å². The van der Waals surface area contributed by atoms with E-state index in [-0.39, 0.29) is 5.54 Å². The van der Waals surface area contributed by atoms with E-state index in [1.807, 2.05) is 32.0 Å². The van der Waals surface area contributed by atoms with Gasteiger partial charge in [0.05, 0.1) is 11.0 Å². The fourth-order valence-corrected chi connectivity index (χ4v) is 2.43. The van der Waals surface area contributed by atoms with Gasteiger partial charge in [0.1, 0.15) is 5.82 Å². The maximum absolute atomic E-state index is 6.08. The Bertz CT molecular complexity index is 721. The Hall–Kier alpha value is -2.13. The number of nitrogens with two attached hydrogens (primary N) is 1. The lowest BCUT2D eigenvalue weighted by atomic mass is 9.96. The van der Waals surface area contributed by atoms with E-state index in [0.717, 1.165) is 28.8 Å². The number of fused-ring (bicyclic) bond motifs is 1. The molecule has 0 unspecified atom stereocenters. The topological polar surface area (TPSA) is 54.7 Å². The van der Waals surface area contributed by atoms with Gasteiger partial charge in [-0.1, -0.05) is 36.4 Å². The highest BCUT2D eigenvalue weighted by Crippen LogP contribution is 2.22. The number of nitrogens with one attached hydrogen (secondary N) is 1. The molecule has 0 atom stereocenters. The van der Waals surface area contributed by atoms with Crippen molar-refractivity contribution in [2.24, 2.45) is 5.73 Å². The van der Waals surface area contributed by atoms with Gasteiger partial charge in [0.15, 0.2) is 0 Å². The zero-order valence-electron chi connectivity index (χ0n) is 11.9. The summed E-state index contributed by atoms with van der Waals surface area (Å²) in [6.45, 7) is 4.08. The van der Waals surface area contributed by atoms with Crippen molar-refractivity contribution in [3.8, 4) is 11.4 Å². The molecule has 3 N–H and O–H groups in total. The summed E-state index contributed by atoms with van der Waals surface area (Å²) in [7, 11) is 0. The number of imidazole rings is 1. The van der Waals surface area contributed by atoms with Crippen LogP contribution >= 0.6 is 0 Å². The number of aromatic nitrogens is 2. The van der Waals surface area contributed by atoms with E-state index in [0.29, 0.717) is 0 Å². The lowest BCUT2D eigenvalue weighted by Crippen LogP contribution is -2.34. The van der Waals surface area contributed by atoms with Gasteiger partial charge in [-0.25, -0.2) is 4.98 Å². The van der Waals surface area contributed by atoms with Crippen LogP contribution in [0.5, 0.6) is 0 Å². The number of H-pyrrole nitrogens is 1. The minimum atomic E-state index is -0.198.